The third kappa shape index (κ3) is 4.18. The van der Waals surface area contributed by atoms with E-state index in [4.69, 9.17) is 0 Å². The van der Waals surface area contributed by atoms with Crippen molar-refractivity contribution in [3.63, 3.8) is 0 Å². The maximum Gasteiger partial charge on any atom is 0.240 e. The number of carbonyl (C=O) groups is 2. The minimum absolute atomic E-state index is 0.00440. The van der Waals surface area contributed by atoms with Gasteiger partial charge >= 0.3 is 0 Å². The molecule has 4 rings (SSSR count). The Morgan fingerprint density at radius 2 is 1.67 bits per heavy atom. The number of nitrogens with zero attached hydrogens (tertiary/aromatic N) is 3. The zero-order chi connectivity index (χ0) is 18.6. The van der Waals surface area contributed by atoms with Gasteiger partial charge < -0.3 is 9.80 Å². The van der Waals surface area contributed by atoms with E-state index >= 15 is 0 Å². The van der Waals surface area contributed by atoms with Gasteiger partial charge in [-0.2, -0.15) is 0 Å². The van der Waals surface area contributed by atoms with Gasteiger partial charge in [0.15, 0.2) is 0 Å². The fourth-order valence-corrected chi connectivity index (χ4v) is 4.92. The largest absolute Gasteiger partial charge is 0.341 e. The van der Waals surface area contributed by atoms with E-state index in [2.05, 4.69) is 21.9 Å². The van der Waals surface area contributed by atoms with Crippen LogP contribution in [0.15, 0.2) is 30.3 Å². The van der Waals surface area contributed by atoms with Gasteiger partial charge in [-0.1, -0.05) is 43.2 Å². The summed E-state index contributed by atoms with van der Waals surface area (Å²) >= 11 is 0. The lowest BCUT2D eigenvalue weighted by Crippen LogP contribution is -2.44. The van der Waals surface area contributed by atoms with E-state index in [0.717, 1.165) is 58.4 Å². The lowest BCUT2D eigenvalue weighted by Gasteiger charge is -2.27. The molecule has 1 aromatic carbocycles. The Hall–Kier alpha value is -1.88. The summed E-state index contributed by atoms with van der Waals surface area (Å²) in [5, 5.41) is 0. The molecule has 1 atom stereocenters. The predicted molar refractivity (Wildman–Crippen MR) is 105 cm³/mol. The molecular formula is C22H31N3O2. The number of benzene rings is 1. The number of rotatable bonds is 4. The van der Waals surface area contributed by atoms with Crippen molar-refractivity contribution in [2.75, 3.05) is 32.7 Å². The van der Waals surface area contributed by atoms with Crippen molar-refractivity contribution in [3.8, 4) is 0 Å². The molecule has 5 nitrogen and oxygen atoms in total. The van der Waals surface area contributed by atoms with E-state index in [1.54, 1.807) is 0 Å². The van der Waals surface area contributed by atoms with E-state index < -0.39 is 0 Å². The molecule has 0 bridgehead atoms. The van der Waals surface area contributed by atoms with Gasteiger partial charge in [-0.3, -0.25) is 14.5 Å². The van der Waals surface area contributed by atoms with Crippen molar-refractivity contribution >= 4 is 11.8 Å². The van der Waals surface area contributed by atoms with Crippen LogP contribution in [0.5, 0.6) is 0 Å². The molecule has 0 N–H and O–H groups in total. The monoisotopic (exact) mass is 369 g/mol. The summed E-state index contributed by atoms with van der Waals surface area (Å²) in [6, 6.07) is 10.2. The van der Waals surface area contributed by atoms with E-state index in [1.165, 1.54) is 18.4 Å². The molecule has 0 radical (unpaired) electrons. The van der Waals surface area contributed by atoms with Crippen LogP contribution in [0.25, 0.3) is 0 Å². The highest BCUT2D eigenvalue weighted by Crippen LogP contribution is 2.27. The molecule has 3 fully saturated rings. The molecule has 146 valence electrons. The van der Waals surface area contributed by atoms with Crippen molar-refractivity contribution < 1.29 is 9.59 Å². The van der Waals surface area contributed by atoms with Crippen LogP contribution < -0.4 is 0 Å². The molecule has 1 saturated carbocycles. The van der Waals surface area contributed by atoms with Gasteiger partial charge in [0.2, 0.25) is 11.8 Å². The van der Waals surface area contributed by atoms with E-state index in [1.807, 2.05) is 23.1 Å². The Labute approximate surface area is 162 Å². The van der Waals surface area contributed by atoms with Crippen LogP contribution in [0, 0.1) is 5.92 Å². The number of carbonyl (C=O) groups excluding carboxylic acids is 2. The zero-order valence-electron chi connectivity index (χ0n) is 16.2. The van der Waals surface area contributed by atoms with Gasteiger partial charge in [-0.25, -0.2) is 0 Å². The van der Waals surface area contributed by atoms with Crippen molar-refractivity contribution in [2.24, 2.45) is 5.92 Å². The predicted octanol–water partition coefficient (Wildman–Crippen LogP) is 2.51. The maximum absolute atomic E-state index is 12.9. The maximum atomic E-state index is 12.9. The Morgan fingerprint density at radius 3 is 2.44 bits per heavy atom. The average Bonchev–Trinajstić information content (AvgIpc) is 3.28. The van der Waals surface area contributed by atoms with Gasteiger partial charge in [0.25, 0.3) is 0 Å². The lowest BCUT2D eigenvalue weighted by atomic mass is 10.1. The summed E-state index contributed by atoms with van der Waals surface area (Å²) < 4.78 is 0. The Morgan fingerprint density at radius 1 is 0.889 bits per heavy atom. The Bertz CT molecular complexity index is 657. The third-order valence-electron chi connectivity index (χ3n) is 6.47. The van der Waals surface area contributed by atoms with Gasteiger partial charge in [0.05, 0.1) is 6.04 Å². The molecule has 2 heterocycles. The molecule has 1 unspecified atom stereocenters. The molecule has 1 aromatic rings. The van der Waals surface area contributed by atoms with Crippen LogP contribution in [0.1, 0.15) is 44.1 Å². The molecule has 3 aliphatic rings. The number of amides is 2. The lowest BCUT2D eigenvalue weighted by molar-refractivity contribution is -0.135. The number of hydrogen-bond acceptors (Lipinski definition) is 3. The van der Waals surface area contributed by atoms with Gasteiger partial charge in [-0.05, 0) is 31.2 Å². The topological polar surface area (TPSA) is 43.9 Å². The Kier molecular flexibility index (Phi) is 5.77. The fraction of sp³-hybridized carbons (Fsp3) is 0.636. The van der Waals surface area contributed by atoms with Crippen LogP contribution in [-0.2, 0) is 16.1 Å². The van der Waals surface area contributed by atoms with Crippen molar-refractivity contribution in [1.29, 1.82) is 0 Å². The second-order valence-corrected chi connectivity index (χ2v) is 8.25. The summed E-state index contributed by atoms with van der Waals surface area (Å²) in [4.78, 5) is 32.1. The first-order valence-electron chi connectivity index (χ1n) is 10.6. The van der Waals surface area contributed by atoms with Crippen LogP contribution >= 0.6 is 0 Å². The molecule has 2 saturated heterocycles. The van der Waals surface area contributed by atoms with Gasteiger partial charge in [0.1, 0.15) is 0 Å². The fourth-order valence-electron chi connectivity index (χ4n) is 4.92. The highest BCUT2D eigenvalue weighted by molar-refractivity contribution is 5.84. The second kappa shape index (κ2) is 8.42. The quantitative estimate of drug-likeness (QED) is 0.819. The summed E-state index contributed by atoms with van der Waals surface area (Å²) in [5.41, 5.74) is 1.19. The standard InChI is InChI=1S/C22H31N3O2/c26-21(19-9-4-5-10-19)24-13-6-12-23(15-16-24)20-11-14-25(22(20)27)17-18-7-2-1-3-8-18/h1-3,7-8,19-20H,4-6,9-17H2. The summed E-state index contributed by atoms with van der Waals surface area (Å²) in [6.45, 7) is 4.91. The normalized spacial score (nSPS) is 25.2. The first kappa shape index (κ1) is 18.5. The minimum Gasteiger partial charge on any atom is -0.341 e. The van der Waals surface area contributed by atoms with Crippen LogP contribution in [0.2, 0.25) is 0 Å². The molecule has 0 aromatic heterocycles. The van der Waals surface area contributed by atoms with Crippen molar-refractivity contribution in [3.05, 3.63) is 35.9 Å². The van der Waals surface area contributed by atoms with Crippen LogP contribution in [-0.4, -0.2) is 65.3 Å². The first-order chi connectivity index (χ1) is 13.2. The SMILES string of the molecule is O=C(C1CCCC1)N1CCCN(C2CCN(Cc3ccccc3)C2=O)CC1. The third-order valence-corrected chi connectivity index (χ3v) is 6.47. The smallest absolute Gasteiger partial charge is 0.240 e. The van der Waals surface area contributed by atoms with Crippen molar-refractivity contribution in [1.82, 2.24) is 14.7 Å². The molecule has 2 aliphatic heterocycles. The van der Waals surface area contributed by atoms with Crippen LogP contribution in [0.4, 0.5) is 0 Å². The molecule has 1 aliphatic carbocycles. The van der Waals surface area contributed by atoms with E-state index in [9.17, 15) is 9.59 Å². The van der Waals surface area contributed by atoms with Crippen molar-refractivity contribution in [2.45, 2.75) is 51.1 Å². The molecule has 2 amide bonds. The van der Waals surface area contributed by atoms with Crippen LogP contribution in [0.3, 0.4) is 0 Å². The zero-order valence-corrected chi connectivity index (χ0v) is 16.2. The average molecular weight is 370 g/mol. The Balaban J connectivity index is 1.32. The second-order valence-electron chi connectivity index (χ2n) is 8.25. The summed E-state index contributed by atoms with van der Waals surface area (Å²) in [6.07, 6.45) is 6.40. The minimum atomic E-state index is -0.00440. The molecular weight excluding hydrogens is 338 g/mol. The number of hydrogen-bond donors (Lipinski definition) is 0. The first-order valence-corrected chi connectivity index (χ1v) is 10.6. The van der Waals surface area contributed by atoms with E-state index in [0.29, 0.717) is 12.5 Å². The molecule has 5 heteroatoms. The highest BCUT2D eigenvalue weighted by Gasteiger charge is 2.37. The summed E-state index contributed by atoms with van der Waals surface area (Å²) in [7, 11) is 0. The van der Waals surface area contributed by atoms with Gasteiger partial charge in [-0.15, -0.1) is 0 Å². The van der Waals surface area contributed by atoms with Gasteiger partial charge in [0, 0.05) is 45.2 Å². The van der Waals surface area contributed by atoms with E-state index in [-0.39, 0.29) is 17.9 Å². The highest BCUT2D eigenvalue weighted by atomic mass is 16.2. The number of likely N-dealkylation sites (tertiary alicyclic amines) is 1. The summed E-state index contributed by atoms with van der Waals surface area (Å²) in [5.74, 6) is 0.873. The molecule has 0 spiro atoms. The molecule has 27 heavy (non-hydrogen) atoms.